The second-order valence-corrected chi connectivity index (χ2v) is 5.78. The molecule has 1 aromatic carbocycles. The highest BCUT2D eigenvalue weighted by atomic mass is 15.3. The highest BCUT2D eigenvalue weighted by molar-refractivity contribution is 5.81. The Bertz CT molecular complexity index is 571. The molecule has 4 nitrogen and oxygen atoms in total. The summed E-state index contributed by atoms with van der Waals surface area (Å²) in [5.41, 5.74) is 8.10. The van der Waals surface area contributed by atoms with Crippen LogP contribution in [0.25, 0.3) is 10.9 Å². The monoisotopic (exact) mass is 272 g/mol. The van der Waals surface area contributed by atoms with E-state index in [0.717, 1.165) is 32.1 Å². The molecule has 20 heavy (non-hydrogen) atoms. The summed E-state index contributed by atoms with van der Waals surface area (Å²) >= 11 is 0. The molecule has 1 saturated carbocycles. The number of nitrogens with zero attached hydrogens (tertiary/aromatic N) is 3. The number of fused-ring (bicyclic) bond motifs is 1. The summed E-state index contributed by atoms with van der Waals surface area (Å²) in [6.07, 6.45) is 5.10. The highest BCUT2D eigenvalue weighted by Crippen LogP contribution is 2.27. The maximum absolute atomic E-state index is 5.68. The van der Waals surface area contributed by atoms with E-state index in [-0.39, 0.29) is 0 Å². The summed E-state index contributed by atoms with van der Waals surface area (Å²) in [5.74, 6) is 0. The van der Waals surface area contributed by atoms with Crippen molar-refractivity contribution in [3.63, 3.8) is 0 Å². The predicted octanol–water partition coefficient (Wildman–Crippen LogP) is 2.28. The van der Waals surface area contributed by atoms with E-state index in [1.165, 1.54) is 35.9 Å². The molecule has 2 aromatic rings. The fourth-order valence-electron chi connectivity index (χ4n) is 3.03. The van der Waals surface area contributed by atoms with Crippen LogP contribution in [0.15, 0.2) is 24.3 Å². The molecule has 108 valence electrons. The molecule has 3 rings (SSSR count). The Kier molecular flexibility index (Phi) is 4.03. The standard InChI is InChI=1S/C16H24N4/c1-19-16-9-3-2-8-14(16)15(18-19)12-20(11-5-10-17)13-6-4-7-13/h2-3,8-9,13H,4-7,10-12,17H2,1H3. The number of rotatable bonds is 6. The number of benzene rings is 1. The normalized spacial score (nSPS) is 15.9. The third-order valence-corrected chi connectivity index (χ3v) is 4.43. The van der Waals surface area contributed by atoms with Gasteiger partial charge in [-0.1, -0.05) is 24.6 Å². The Balaban J connectivity index is 1.82. The fourth-order valence-corrected chi connectivity index (χ4v) is 3.03. The van der Waals surface area contributed by atoms with Gasteiger partial charge in [-0.2, -0.15) is 5.10 Å². The smallest absolute Gasteiger partial charge is 0.0843 e. The van der Waals surface area contributed by atoms with Gasteiger partial charge in [-0.05, 0) is 31.9 Å². The zero-order valence-electron chi connectivity index (χ0n) is 12.3. The summed E-state index contributed by atoms with van der Waals surface area (Å²) in [6.45, 7) is 2.81. The lowest BCUT2D eigenvalue weighted by atomic mass is 9.91. The Morgan fingerprint density at radius 3 is 2.85 bits per heavy atom. The number of hydrogen-bond donors (Lipinski definition) is 1. The average Bonchev–Trinajstić information content (AvgIpc) is 2.71. The van der Waals surface area contributed by atoms with Gasteiger partial charge < -0.3 is 5.73 Å². The van der Waals surface area contributed by atoms with E-state index in [0.29, 0.717) is 0 Å². The molecule has 1 aromatic heterocycles. The number of hydrogen-bond acceptors (Lipinski definition) is 3. The summed E-state index contributed by atoms with van der Waals surface area (Å²) < 4.78 is 1.99. The average molecular weight is 272 g/mol. The van der Waals surface area contributed by atoms with E-state index in [1.807, 2.05) is 11.7 Å². The van der Waals surface area contributed by atoms with Gasteiger partial charge >= 0.3 is 0 Å². The van der Waals surface area contributed by atoms with Crippen LogP contribution in [-0.2, 0) is 13.6 Å². The lowest BCUT2D eigenvalue weighted by Gasteiger charge is -2.37. The van der Waals surface area contributed by atoms with E-state index in [2.05, 4.69) is 29.2 Å². The number of aromatic nitrogens is 2. The van der Waals surface area contributed by atoms with E-state index in [9.17, 15) is 0 Å². The topological polar surface area (TPSA) is 47.1 Å². The van der Waals surface area contributed by atoms with Gasteiger partial charge in [0.25, 0.3) is 0 Å². The number of nitrogens with two attached hydrogens (primary N) is 1. The quantitative estimate of drug-likeness (QED) is 0.877. The van der Waals surface area contributed by atoms with Gasteiger partial charge in [0.15, 0.2) is 0 Å². The molecule has 0 radical (unpaired) electrons. The first-order chi connectivity index (χ1) is 9.79. The molecule has 0 amide bonds. The van der Waals surface area contributed by atoms with Gasteiger partial charge in [0.1, 0.15) is 0 Å². The minimum Gasteiger partial charge on any atom is -0.330 e. The van der Waals surface area contributed by atoms with Gasteiger partial charge in [0, 0.05) is 31.6 Å². The van der Waals surface area contributed by atoms with Crippen LogP contribution in [-0.4, -0.2) is 33.8 Å². The Morgan fingerprint density at radius 2 is 2.15 bits per heavy atom. The van der Waals surface area contributed by atoms with Crippen LogP contribution in [0, 0.1) is 0 Å². The Hall–Kier alpha value is -1.39. The molecule has 0 saturated heterocycles. The molecule has 0 unspecified atom stereocenters. The van der Waals surface area contributed by atoms with Crippen molar-refractivity contribution in [2.45, 2.75) is 38.3 Å². The first kappa shape index (κ1) is 13.6. The molecule has 1 fully saturated rings. The lowest BCUT2D eigenvalue weighted by Crippen LogP contribution is -2.40. The third kappa shape index (κ3) is 2.58. The maximum atomic E-state index is 5.68. The van der Waals surface area contributed by atoms with Crippen LogP contribution in [0.1, 0.15) is 31.4 Å². The second kappa shape index (κ2) is 5.94. The van der Waals surface area contributed by atoms with E-state index in [1.54, 1.807) is 0 Å². The molecule has 1 aliphatic rings. The zero-order valence-corrected chi connectivity index (χ0v) is 12.3. The van der Waals surface area contributed by atoms with Crippen LogP contribution in [0.2, 0.25) is 0 Å². The summed E-state index contributed by atoms with van der Waals surface area (Å²) in [7, 11) is 2.03. The van der Waals surface area contributed by atoms with E-state index < -0.39 is 0 Å². The SMILES string of the molecule is Cn1nc(CN(CCCN)C2CCC2)c2ccccc21. The number of para-hydroxylation sites is 1. The molecule has 1 aliphatic carbocycles. The first-order valence-corrected chi connectivity index (χ1v) is 7.64. The lowest BCUT2D eigenvalue weighted by molar-refractivity contribution is 0.117. The highest BCUT2D eigenvalue weighted by Gasteiger charge is 2.25. The van der Waals surface area contributed by atoms with Crippen LogP contribution < -0.4 is 5.73 Å². The third-order valence-electron chi connectivity index (χ3n) is 4.43. The molecule has 0 atom stereocenters. The molecule has 0 bridgehead atoms. The molecule has 2 N–H and O–H groups in total. The van der Waals surface area contributed by atoms with Gasteiger partial charge in [0.05, 0.1) is 11.2 Å². The van der Waals surface area contributed by atoms with Crippen molar-refractivity contribution in [1.29, 1.82) is 0 Å². The fraction of sp³-hybridized carbons (Fsp3) is 0.562. The van der Waals surface area contributed by atoms with E-state index in [4.69, 9.17) is 10.8 Å². The van der Waals surface area contributed by atoms with Crippen molar-refractivity contribution in [3.8, 4) is 0 Å². The van der Waals surface area contributed by atoms with Crippen molar-refractivity contribution in [2.24, 2.45) is 12.8 Å². The van der Waals surface area contributed by atoms with Gasteiger partial charge in [-0.25, -0.2) is 0 Å². The van der Waals surface area contributed by atoms with Crippen molar-refractivity contribution >= 4 is 10.9 Å². The van der Waals surface area contributed by atoms with Gasteiger partial charge in [0.2, 0.25) is 0 Å². The van der Waals surface area contributed by atoms with Gasteiger partial charge in [-0.15, -0.1) is 0 Å². The van der Waals surface area contributed by atoms with Crippen molar-refractivity contribution in [1.82, 2.24) is 14.7 Å². The van der Waals surface area contributed by atoms with Crippen molar-refractivity contribution in [2.75, 3.05) is 13.1 Å². The Morgan fingerprint density at radius 1 is 1.35 bits per heavy atom. The minimum atomic E-state index is 0.738. The number of aryl methyl sites for hydroxylation is 1. The van der Waals surface area contributed by atoms with E-state index >= 15 is 0 Å². The van der Waals surface area contributed by atoms with Crippen LogP contribution >= 0.6 is 0 Å². The molecular weight excluding hydrogens is 248 g/mol. The Labute approximate surface area is 120 Å². The second-order valence-electron chi connectivity index (χ2n) is 5.78. The largest absolute Gasteiger partial charge is 0.330 e. The van der Waals surface area contributed by atoms with Crippen molar-refractivity contribution in [3.05, 3.63) is 30.0 Å². The maximum Gasteiger partial charge on any atom is 0.0843 e. The van der Waals surface area contributed by atoms with Gasteiger partial charge in [-0.3, -0.25) is 9.58 Å². The molecule has 0 spiro atoms. The molecule has 0 aliphatic heterocycles. The minimum absolute atomic E-state index is 0.738. The zero-order chi connectivity index (χ0) is 13.9. The van der Waals surface area contributed by atoms with Crippen LogP contribution in [0.4, 0.5) is 0 Å². The summed E-state index contributed by atoms with van der Waals surface area (Å²) in [6, 6.07) is 9.23. The summed E-state index contributed by atoms with van der Waals surface area (Å²) in [4.78, 5) is 2.57. The molecule has 1 heterocycles. The molecular formula is C16H24N4. The van der Waals surface area contributed by atoms with Crippen molar-refractivity contribution < 1.29 is 0 Å². The summed E-state index contributed by atoms with van der Waals surface area (Å²) in [5, 5.41) is 6.01. The first-order valence-electron chi connectivity index (χ1n) is 7.64. The van der Waals surface area contributed by atoms with Crippen LogP contribution in [0.3, 0.4) is 0 Å². The molecule has 4 heteroatoms. The van der Waals surface area contributed by atoms with Crippen LogP contribution in [0.5, 0.6) is 0 Å². The predicted molar refractivity (Wildman–Crippen MR) is 82.4 cm³/mol.